The van der Waals surface area contributed by atoms with Crippen molar-refractivity contribution in [2.75, 3.05) is 31.5 Å². The van der Waals surface area contributed by atoms with Crippen molar-refractivity contribution in [3.63, 3.8) is 0 Å². The number of halogens is 6. The Bertz CT molecular complexity index is 3080. The predicted octanol–water partition coefficient (Wildman–Crippen LogP) is 10.0. The van der Waals surface area contributed by atoms with Gasteiger partial charge in [-0.3, -0.25) is 24.1 Å². The van der Waals surface area contributed by atoms with Crippen molar-refractivity contribution >= 4 is 40.9 Å². The molecule has 4 N–H and O–H groups in total. The Labute approximate surface area is 397 Å². The van der Waals surface area contributed by atoms with E-state index in [0.717, 1.165) is 28.8 Å². The number of carbonyl (C=O) groups is 4. The maximum atomic E-state index is 14.5. The van der Waals surface area contributed by atoms with Gasteiger partial charge >= 0.3 is 6.18 Å². The Morgan fingerprint density at radius 2 is 1.48 bits per heavy atom. The fraction of sp³-hybridized carbons (Fsp3) is 0.231. The molecule has 1 unspecified atom stereocenters. The Balaban J connectivity index is 0.883. The summed E-state index contributed by atoms with van der Waals surface area (Å²) in [6.45, 7) is 7.30. The Morgan fingerprint density at radius 3 is 2.19 bits per heavy atom. The molecule has 9 rings (SSSR count). The van der Waals surface area contributed by atoms with E-state index in [1.165, 1.54) is 24.3 Å². The van der Waals surface area contributed by atoms with Gasteiger partial charge in [0.15, 0.2) is 0 Å². The van der Waals surface area contributed by atoms with Gasteiger partial charge in [0.25, 0.3) is 23.6 Å². The highest BCUT2D eigenvalue weighted by atomic mass is 35.5. The summed E-state index contributed by atoms with van der Waals surface area (Å²) in [6.07, 6.45) is -4.95. The van der Waals surface area contributed by atoms with Crippen LogP contribution in [0.25, 0.3) is 11.1 Å². The van der Waals surface area contributed by atoms with Gasteiger partial charge in [0.1, 0.15) is 23.1 Å². The number of amides is 4. The first-order valence-electron chi connectivity index (χ1n) is 22.0. The van der Waals surface area contributed by atoms with Gasteiger partial charge in [0.2, 0.25) is 0 Å². The quantitative estimate of drug-likeness (QED) is 0.106. The summed E-state index contributed by atoms with van der Waals surface area (Å²) in [5.74, 6) is -4.56. The maximum absolute atomic E-state index is 14.5. The molecule has 0 saturated carbocycles. The molecule has 3 aliphatic heterocycles. The standard InChI is InChI=1S/C52H43ClF5N5O6/c1-27(2)38-22-40(45(65)23-44(38)64)51(69)63-25-31-4-3-28(15-34(31)26-63)24-61-11-13-62(14-12-61)50(68)30-7-5-29(6-8-30)32-18-41-46(47(60-49(41)67)39-21-36(54)9-10-42(39)53)43(19-32)59-48(66)33-16-35(52(56,57)58)20-37(55)17-33/h3-10,15-23,27,47,64-65H,11-14,24-26H2,1-2H3,(H,59,66)(H,60,67). The second-order valence-corrected chi connectivity index (χ2v) is 18.1. The molecule has 17 heteroatoms. The van der Waals surface area contributed by atoms with Gasteiger partial charge in [-0.25, -0.2) is 8.78 Å². The van der Waals surface area contributed by atoms with Crippen molar-refractivity contribution in [2.45, 2.75) is 51.6 Å². The maximum Gasteiger partial charge on any atom is 0.416 e. The molecule has 1 atom stereocenters. The lowest BCUT2D eigenvalue weighted by Gasteiger charge is -2.35. The van der Waals surface area contributed by atoms with Crippen molar-refractivity contribution in [3.05, 3.63) is 181 Å². The van der Waals surface area contributed by atoms with Crippen molar-refractivity contribution in [3.8, 4) is 22.6 Å². The van der Waals surface area contributed by atoms with Crippen LogP contribution in [0.2, 0.25) is 5.02 Å². The number of phenols is 2. The number of piperazine rings is 1. The van der Waals surface area contributed by atoms with Crippen molar-refractivity contribution in [2.24, 2.45) is 0 Å². The molecule has 0 bridgehead atoms. The molecule has 0 aliphatic carbocycles. The van der Waals surface area contributed by atoms with Crippen LogP contribution in [-0.2, 0) is 25.8 Å². The third-order valence-corrected chi connectivity index (χ3v) is 13.1. The number of phenolic OH excluding ortho intramolecular Hbond substituents is 2. The topological polar surface area (TPSA) is 143 Å². The van der Waals surface area contributed by atoms with E-state index in [9.17, 15) is 51.3 Å². The molecule has 69 heavy (non-hydrogen) atoms. The van der Waals surface area contributed by atoms with E-state index in [0.29, 0.717) is 80.2 Å². The summed E-state index contributed by atoms with van der Waals surface area (Å²) in [4.78, 5) is 60.0. The zero-order valence-corrected chi connectivity index (χ0v) is 37.8. The number of carbonyl (C=O) groups excluding carboxylic acids is 4. The van der Waals surface area contributed by atoms with Gasteiger partial charge in [0, 0.05) is 90.4 Å². The number of aromatic hydroxyl groups is 2. The lowest BCUT2D eigenvalue weighted by molar-refractivity contribution is -0.137. The lowest BCUT2D eigenvalue weighted by atomic mass is 9.92. The molecule has 3 heterocycles. The highest BCUT2D eigenvalue weighted by molar-refractivity contribution is 6.31. The summed E-state index contributed by atoms with van der Waals surface area (Å²) in [6, 6.07) is 22.4. The first kappa shape index (κ1) is 46.8. The summed E-state index contributed by atoms with van der Waals surface area (Å²) in [5.41, 5.74) is 3.42. The van der Waals surface area contributed by atoms with Crippen molar-refractivity contribution in [1.82, 2.24) is 20.0 Å². The Morgan fingerprint density at radius 1 is 0.754 bits per heavy atom. The lowest BCUT2D eigenvalue weighted by Crippen LogP contribution is -2.48. The number of hydrogen-bond donors (Lipinski definition) is 4. The number of hydrogen-bond acceptors (Lipinski definition) is 7. The number of rotatable bonds is 9. The number of fused-ring (bicyclic) bond motifs is 2. The Kier molecular flexibility index (Phi) is 12.4. The smallest absolute Gasteiger partial charge is 0.416 e. The third kappa shape index (κ3) is 9.46. The monoisotopic (exact) mass is 963 g/mol. The van der Waals surface area contributed by atoms with E-state index in [2.05, 4.69) is 21.6 Å². The van der Waals surface area contributed by atoms with Crippen LogP contribution in [0.4, 0.5) is 27.6 Å². The highest BCUT2D eigenvalue weighted by Gasteiger charge is 2.36. The molecule has 0 spiro atoms. The van der Waals surface area contributed by atoms with Gasteiger partial charge < -0.3 is 30.6 Å². The molecule has 354 valence electrons. The molecular formula is C52H43ClF5N5O6. The van der Waals surface area contributed by atoms with E-state index in [-0.39, 0.29) is 68.3 Å². The minimum absolute atomic E-state index is 0.0316. The van der Waals surface area contributed by atoms with Crippen molar-refractivity contribution in [1.29, 1.82) is 0 Å². The molecule has 11 nitrogen and oxygen atoms in total. The zero-order valence-electron chi connectivity index (χ0n) is 37.1. The Hall–Kier alpha value is -7.30. The fourth-order valence-corrected chi connectivity index (χ4v) is 9.42. The average Bonchev–Trinajstić information content (AvgIpc) is 3.89. The average molecular weight is 964 g/mol. The van der Waals surface area contributed by atoms with E-state index in [4.69, 9.17) is 11.6 Å². The molecular weight excluding hydrogens is 921 g/mol. The number of alkyl halides is 3. The van der Waals surface area contributed by atoms with Gasteiger partial charge in [-0.2, -0.15) is 13.2 Å². The summed E-state index contributed by atoms with van der Waals surface area (Å²) in [7, 11) is 0. The summed E-state index contributed by atoms with van der Waals surface area (Å²) in [5, 5.41) is 26.2. The molecule has 6 aromatic carbocycles. The number of nitrogens with one attached hydrogen (secondary N) is 2. The number of anilines is 1. The highest BCUT2D eigenvalue weighted by Crippen LogP contribution is 2.43. The summed E-state index contributed by atoms with van der Waals surface area (Å²) < 4.78 is 69.6. The molecule has 6 aromatic rings. The predicted molar refractivity (Wildman–Crippen MR) is 247 cm³/mol. The molecule has 4 amide bonds. The van der Waals surface area contributed by atoms with Gasteiger partial charge in [-0.1, -0.05) is 55.8 Å². The first-order valence-corrected chi connectivity index (χ1v) is 22.4. The van der Waals surface area contributed by atoms with Crippen LogP contribution in [0.3, 0.4) is 0 Å². The largest absolute Gasteiger partial charge is 0.508 e. The van der Waals surface area contributed by atoms with Crippen LogP contribution in [0.5, 0.6) is 11.5 Å². The molecule has 0 aromatic heterocycles. The van der Waals surface area contributed by atoms with Crippen molar-refractivity contribution < 1.29 is 51.3 Å². The van der Waals surface area contributed by atoms with E-state index in [1.54, 1.807) is 40.1 Å². The SMILES string of the molecule is CC(C)c1cc(C(=O)N2Cc3ccc(CN4CCN(C(=O)c5ccc(-c6cc(NC(=O)c7cc(F)cc(C(F)(F)F)c7)c7c(c6)C(=O)NC7c6cc(F)ccc6Cl)cc5)CC4)cc3C2)c(O)cc1O. The normalized spacial score (nSPS) is 15.8. The van der Waals surface area contributed by atoms with Gasteiger partial charge in [-0.05, 0) is 106 Å². The van der Waals surface area contributed by atoms with Crippen LogP contribution < -0.4 is 10.6 Å². The molecule has 1 saturated heterocycles. The fourth-order valence-electron chi connectivity index (χ4n) is 9.19. The van der Waals surface area contributed by atoms with Crippen LogP contribution in [0.1, 0.15) is 106 Å². The number of benzene rings is 6. The number of nitrogens with zero attached hydrogens (tertiary/aromatic N) is 3. The minimum Gasteiger partial charge on any atom is -0.508 e. The van der Waals surface area contributed by atoms with Crippen LogP contribution in [0, 0.1) is 11.6 Å². The van der Waals surface area contributed by atoms with E-state index < -0.39 is 46.8 Å². The van der Waals surface area contributed by atoms with E-state index in [1.807, 2.05) is 26.0 Å². The second-order valence-electron chi connectivity index (χ2n) is 17.7. The molecule has 0 radical (unpaired) electrons. The van der Waals surface area contributed by atoms with Crippen LogP contribution in [-0.4, -0.2) is 74.7 Å². The third-order valence-electron chi connectivity index (χ3n) is 12.8. The summed E-state index contributed by atoms with van der Waals surface area (Å²) >= 11 is 6.44. The molecule has 1 fully saturated rings. The van der Waals surface area contributed by atoms with Crippen LogP contribution >= 0.6 is 11.6 Å². The van der Waals surface area contributed by atoms with E-state index >= 15 is 0 Å². The van der Waals surface area contributed by atoms with Gasteiger partial charge in [0.05, 0.1) is 17.2 Å². The zero-order chi connectivity index (χ0) is 49.1. The van der Waals surface area contributed by atoms with Gasteiger partial charge in [-0.15, -0.1) is 0 Å². The first-order chi connectivity index (χ1) is 32.8. The molecule has 3 aliphatic rings. The van der Waals surface area contributed by atoms with Crippen LogP contribution in [0.15, 0.2) is 103 Å². The minimum atomic E-state index is -4.95. The second kappa shape index (κ2) is 18.3.